The average molecular weight is 315 g/mol. The van der Waals surface area contributed by atoms with Crippen LogP contribution in [0.25, 0.3) is 0 Å². The minimum atomic E-state index is 0.501. The third-order valence-electron chi connectivity index (χ3n) is 4.72. The van der Waals surface area contributed by atoms with Gasteiger partial charge in [0.2, 0.25) is 0 Å². The van der Waals surface area contributed by atoms with Gasteiger partial charge in [-0.15, -0.1) is 0 Å². The summed E-state index contributed by atoms with van der Waals surface area (Å²) < 4.78 is 13.1. The van der Waals surface area contributed by atoms with Crippen molar-refractivity contribution >= 4 is 0 Å². The molecule has 5 heteroatoms. The first-order valence-corrected chi connectivity index (χ1v) is 8.12. The van der Waals surface area contributed by atoms with E-state index in [0.29, 0.717) is 5.92 Å². The molecule has 1 saturated heterocycles. The largest absolute Gasteiger partial charge is 0.493 e. The second kappa shape index (κ2) is 7.04. The van der Waals surface area contributed by atoms with Gasteiger partial charge in [-0.1, -0.05) is 12.1 Å². The van der Waals surface area contributed by atoms with E-state index in [1.54, 1.807) is 14.2 Å². The predicted molar refractivity (Wildman–Crippen MR) is 90.3 cm³/mol. The number of likely N-dealkylation sites (tertiary alicyclic amines) is 1. The van der Waals surface area contributed by atoms with Crippen LogP contribution in [-0.2, 0) is 13.5 Å². The number of imidazole rings is 1. The lowest BCUT2D eigenvalue weighted by atomic mass is 9.97. The normalized spacial score (nSPS) is 18.3. The molecule has 3 rings (SSSR count). The van der Waals surface area contributed by atoms with Crippen molar-refractivity contribution in [1.82, 2.24) is 14.5 Å². The van der Waals surface area contributed by atoms with Crippen LogP contribution >= 0.6 is 0 Å². The smallest absolute Gasteiger partial charge is 0.164 e. The van der Waals surface area contributed by atoms with Crippen molar-refractivity contribution in [2.45, 2.75) is 18.8 Å². The molecule has 1 atom stereocenters. The lowest BCUT2D eigenvalue weighted by Gasteiger charge is -2.18. The fraction of sp³-hybridized carbons (Fsp3) is 0.500. The third-order valence-corrected chi connectivity index (χ3v) is 4.72. The number of rotatable bonds is 6. The third kappa shape index (κ3) is 3.34. The number of methoxy groups -OCH3 is 2. The molecule has 1 aromatic heterocycles. The molecular formula is C18H25N3O2. The van der Waals surface area contributed by atoms with Crippen molar-refractivity contribution in [3.63, 3.8) is 0 Å². The van der Waals surface area contributed by atoms with Gasteiger partial charge < -0.3 is 18.9 Å². The summed E-state index contributed by atoms with van der Waals surface area (Å²) in [6.45, 7) is 3.23. The molecule has 2 aromatic rings. The summed E-state index contributed by atoms with van der Waals surface area (Å²) in [4.78, 5) is 6.92. The molecule has 0 spiro atoms. The quantitative estimate of drug-likeness (QED) is 0.821. The van der Waals surface area contributed by atoms with Gasteiger partial charge in [-0.3, -0.25) is 0 Å². The zero-order valence-corrected chi connectivity index (χ0v) is 14.2. The van der Waals surface area contributed by atoms with E-state index < -0.39 is 0 Å². The fourth-order valence-corrected chi connectivity index (χ4v) is 3.42. The lowest BCUT2D eigenvalue weighted by molar-refractivity contribution is 0.330. The van der Waals surface area contributed by atoms with Crippen molar-refractivity contribution < 1.29 is 9.47 Å². The van der Waals surface area contributed by atoms with Gasteiger partial charge in [-0.05, 0) is 19.0 Å². The first-order valence-electron chi connectivity index (χ1n) is 8.12. The van der Waals surface area contributed by atoms with Gasteiger partial charge in [-0.25, -0.2) is 4.98 Å². The van der Waals surface area contributed by atoms with Crippen molar-refractivity contribution in [3.8, 4) is 11.5 Å². The number of aromatic nitrogens is 2. The van der Waals surface area contributed by atoms with Crippen molar-refractivity contribution in [2.24, 2.45) is 7.05 Å². The summed E-state index contributed by atoms with van der Waals surface area (Å²) in [6, 6.07) is 6.16. The van der Waals surface area contributed by atoms with Crippen LogP contribution in [0.3, 0.4) is 0 Å². The highest BCUT2D eigenvalue weighted by molar-refractivity contribution is 5.48. The molecule has 23 heavy (non-hydrogen) atoms. The van der Waals surface area contributed by atoms with Gasteiger partial charge in [0.15, 0.2) is 11.5 Å². The van der Waals surface area contributed by atoms with E-state index in [0.717, 1.165) is 49.8 Å². The highest BCUT2D eigenvalue weighted by atomic mass is 16.5. The first kappa shape index (κ1) is 15.9. The number of benzene rings is 1. The van der Waals surface area contributed by atoms with Crippen LogP contribution in [0.4, 0.5) is 0 Å². The molecule has 0 aliphatic carbocycles. The Morgan fingerprint density at radius 1 is 1.26 bits per heavy atom. The van der Waals surface area contributed by atoms with E-state index in [-0.39, 0.29) is 0 Å². The van der Waals surface area contributed by atoms with Crippen LogP contribution in [0, 0.1) is 0 Å². The summed E-state index contributed by atoms with van der Waals surface area (Å²) in [5.74, 6) is 3.34. The lowest BCUT2D eigenvalue weighted by Crippen LogP contribution is -2.24. The van der Waals surface area contributed by atoms with E-state index in [2.05, 4.69) is 27.6 Å². The number of aryl methyl sites for hydroxylation is 1. The van der Waals surface area contributed by atoms with Crippen LogP contribution in [0.2, 0.25) is 0 Å². The van der Waals surface area contributed by atoms with E-state index in [4.69, 9.17) is 9.47 Å². The second-order valence-corrected chi connectivity index (χ2v) is 6.07. The molecule has 0 radical (unpaired) electrons. The molecule has 5 nitrogen and oxygen atoms in total. The van der Waals surface area contributed by atoms with Gasteiger partial charge in [0.1, 0.15) is 5.82 Å². The molecule has 2 heterocycles. The average Bonchev–Trinajstić information content (AvgIpc) is 3.21. The van der Waals surface area contributed by atoms with Crippen molar-refractivity contribution in [3.05, 3.63) is 42.0 Å². The maximum absolute atomic E-state index is 5.59. The maximum Gasteiger partial charge on any atom is 0.164 e. The van der Waals surface area contributed by atoms with Crippen molar-refractivity contribution in [1.29, 1.82) is 0 Å². The van der Waals surface area contributed by atoms with E-state index in [1.165, 1.54) is 5.56 Å². The highest BCUT2D eigenvalue weighted by Gasteiger charge is 2.27. The Labute approximate surface area is 137 Å². The zero-order chi connectivity index (χ0) is 16.2. The van der Waals surface area contributed by atoms with E-state index in [1.807, 2.05) is 24.5 Å². The summed E-state index contributed by atoms with van der Waals surface area (Å²) in [6.07, 6.45) is 6.02. The van der Waals surface area contributed by atoms with Gasteiger partial charge in [0, 0.05) is 50.4 Å². The molecule has 0 bridgehead atoms. The Hall–Kier alpha value is -2.01. The van der Waals surface area contributed by atoms with Gasteiger partial charge in [0.05, 0.1) is 14.2 Å². The van der Waals surface area contributed by atoms with Crippen LogP contribution in [-0.4, -0.2) is 48.3 Å². The summed E-state index contributed by atoms with van der Waals surface area (Å²) in [5.41, 5.74) is 1.26. The number of para-hydroxylation sites is 1. The Bertz CT molecular complexity index is 653. The monoisotopic (exact) mass is 315 g/mol. The zero-order valence-electron chi connectivity index (χ0n) is 14.2. The van der Waals surface area contributed by atoms with Crippen LogP contribution in [0.15, 0.2) is 30.6 Å². The first-order chi connectivity index (χ1) is 11.2. The van der Waals surface area contributed by atoms with Crippen LogP contribution in [0.1, 0.15) is 23.7 Å². The Balaban J connectivity index is 1.65. The number of hydrogen-bond donors (Lipinski definition) is 0. The Kier molecular flexibility index (Phi) is 4.86. The minimum Gasteiger partial charge on any atom is -0.493 e. The molecular weight excluding hydrogens is 290 g/mol. The topological polar surface area (TPSA) is 39.5 Å². The SMILES string of the molecule is COc1cccc([C@H]2CCN(CCc3nccn3C)C2)c1OC. The fourth-order valence-electron chi connectivity index (χ4n) is 3.42. The van der Waals surface area contributed by atoms with Gasteiger partial charge >= 0.3 is 0 Å². The maximum atomic E-state index is 5.59. The van der Waals surface area contributed by atoms with E-state index in [9.17, 15) is 0 Å². The molecule has 0 saturated carbocycles. The molecule has 0 N–H and O–H groups in total. The Morgan fingerprint density at radius 2 is 2.13 bits per heavy atom. The van der Waals surface area contributed by atoms with Crippen LogP contribution < -0.4 is 9.47 Å². The number of hydrogen-bond acceptors (Lipinski definition) is 4. The standard InChI is InChI=1S/C18H25N3O2/c1-20-12-9-19-17(20)8-11-21-10-7-14(13-21)15-5-4-6-16(22-2)18(15)23-3/h4-6,9,12,14H,7-8,10-11,13H2,1-3H3/t14-/m0/s1. The van der Waals surface area contributed by atoms with E-state index >= 15 is 0 Å². The Morgan fingerprint density at radius 3 is 2.83 bits per heavy atom. The molecule has 0 unspecified atom stereocenters. The molecule has 1 aliphatic rings. The van der Waals surface area contributed by atoms with Crippen LogP contribution in [0.5, 0.6) is 11.5 Å². The van der Waals surface area contributed by atoms with Crippen molar-refractivity contribution in [2.75, 3.05) is 33.9 Å². The molecule has 1 aromatic carbocycles. The number of ether oxygens (including phenoxy) is 2. The number of nitrogens with zero attached hydrogens (tertiary/aromatic N) is 3. The van der Waals surface area contributed by atoms with Gasteiger partial charge in [-0.2, -0.15) is 0 Å². The summed E-state index contributed by atoms with van der Waals surface area (Å²) >= 11 is 0. The molecule has 0 amide bonds. The second-order valence-electron chi connectivity index (χ2n) is 6.07. The molecule has 1 aliphatic heterocycles. The molecule has 1 fully saturated rings. The highest BCUT2D eigenvalue weighted by Crippen LogP contribution is 2.39. The summed E-state index contributed by atoms with van der Waals surface area (Å²) in [5, 5.41) is 0. The predicted octanol–water partition coefficient (Wildman–Crippen LogP) is 2.47. The molecule has 124 valence electrons. The minimum absolute atomic E-state index is 0.501. The summed E-state index contributed by atoms with van der Waals surface area (Å²) in [7, 11) is 5.46. The van der Waals surface area contributed by atoms with Gasteiger partial charge in [0.25, 0.3) is 0 Å².